The van der Waals surface area contributed by atoms with Crippen LogP contribution < -0.4 is 0 Å². The van der Waals surface area contributed by atoms with Gasteiger partial charge in [-0.1, -0.05) is 20.8 Å². The molecule has 1 saturated heterocycles. The van der Waals surface area contributed by atoms with Crippen LogP contribution in [0.5, 0.6) is 0 Å². The molecule has 13 heavy (non-hydrogen) atoms. The topological polar surface area (TPSA) is 40.5 Å². The van der Waals surface area contributed by atoms with Gasteiger partial charge in [0.15, 0.2) is 5.37 Å². The van der Waals surface area contributed by atoms with E-state index < -0.39 is 5.97 Å². The smallest absolute Gasteiger partial charge is 0.331 e. The molecular weight excluding hydrogens is 186 g/mol. The number of nitrogens with zero attached hydrogens (tertiary/aromatic N) is 1. The van der Waals surface area contributed by atoms with Gasteiger partial charge in [0.05, 0.1) is 0 Å². The maximum absolute atomic E-state index is 10.6. The molecule has 0 aromatic carbocycles. The van der Waals surface area contributed by atoms with Crippen LogP contribution in [-0.2, 0) is 4.79 Å². The summed E-state index contributed by atoms with van der Waals surface area (Å²) in [7, 11) is 0. The largest absolute Gasteiger partial charge is 0.479 e. The molecule has 0 amide bonds. The summed E-state index contributed by atoms with van der Waals surface area (Å²) >= 11 is 1.52. The van der Waals surface area contributed by atoms with Crippen molar-refractivity contribution in [1.82, 2.24) is 4.90 Å². The molecule has 0 bridgehead atoms. The molecule has 1 N–H and O–H groups in total. The number of thioether (sulfide) groups is 1. The van der Waals surface area contributed by atoms with Gasteiger partial charge in [-0.25, -0.2) is 4.79 Å². The first-order valence-electron chi connectivity index (χ1n) is 4.84. The zero-order valence-corrected chi connectivity index (χ0v) is 9.43. The van der Waals surface area contributed by atoms with Crippen molar-refractivity contribution in [2.75, 3.05) is 18.8 Å². The molecule has 0 radical (unpaired) electrons. The number of carboxylic acid groups (broad SMARTS) is 1. The summed E-state index contributed by atoms with van der Waals surface area (Å²) in [5, 5.41) is 8.47. The third kappa shape index (κ3) is 4.00. The fraction of sp³-hybridized carbons (Fsp3) is 0.889. The maximum Gasteiger partial charge on any atom is 0.331 e. The fourth-order valence-corrected chi connectivity index (χ4v) is 2.38. The van der Waals surface area contributed by atoms with Crippen molar-refractivity contribution in [3.05, 3.63) is 0 Å². The van der Waals surface area contributed by atoms with Gasteiger partial charge in [-0.3, -0.25) is 4.90 Å². The molecule has 1 heterocycles. The summed E-state index contributed by atoms with van der Waals surface area (Å²) in [6.07, 6.45) is 1.03. The van der Waals surface area contributed by atoms with Crippen LogP contribution in [-0.4, -0.2) is 40.2 Å². The Morgan fingerprint density at radius 2 is 2.23 bits per heavy atom. The molecule has 1 fully saturated rings. The molecule has 1 unspecified atom stereocenters. The zero-order chi connectivity index (χ0) is 10.3. The monoisotopic (exact) mass is 205 g/mol. The highest BCUT2D eigenvalue weighted by Crippen LogP contribution is 2.23. The van der Waals surface area contributed by atoms with E-state index in [1.165, 1.54) is 11.8 Å². The highest BCUT2D eigenvalue weighted by Gasteiger charge is 2.29. The summed E-state index contributed by atoms with van der Waals surface area (Å²) in [6, 6.07) is 0. The minimum Gasteiger partial charge on any atom is -0.479 e. The van der Waals surface area contributed by atoms with E-state index in [-0.39, 0.29) is 5.37 Å². The molecule has 0 aromatic heterocycles. The third-order valence-corrected chi connectivity index (χ3v) is 2.94. The van der Waals surface area contributed by atoms with Gasteiger partial charge in [-0.05, 0) is 13.0 Å². The van der Waals surface area contributed by atoms with Gasteiger partial charge in [0, 0.05) is 12.3 Å². The number of hydrogen-bond donors (Lipinski definition) is 1. The summed E-state index contributed by atoms with van der Waals surface area (Å²) in [5.74, 6) is 0.262. The van der Waals surface area contributed by atoms with E-state index in [0.717, 1.165) is 25.3 Å². The molecule has 0 aromatic rings. The Morgan fingerprint density at radius 1 is 1.62 bits per heavy atom. The number of carbonyl (C=O) groups is 1. The average Bonchev–Trinajstić information content (AvgIpc) is 2.57. The fourth-order valence-electron chi connectivity index (χ4n) is 1.25. The number of rotatable bonds is 3. The van der Waals surface area contributed by atoms with Crippen molar-refractivity contribution in [2.45, 2.75) is 32.6 Å². The van der Waals surface area contributed by atoms with E-state index in [0.29, 0.717) is 0 Å². The first-order valence-corrected chi connectivity index (χ1v) is 5.89. The lowest BCUT2D eigenvalue weighted by Gasteiger charge is -2.18. The molecule has 4 heteroatoms. The van der Waals surface area contributed by atoms with Gasteiger partial charge < -0.3 is 5.11 Å². The van der Waals surface area contributed by atoms with Crippen LogP contribution in [0.25, 0.3) is 0 Å². The number of aliphatic carboxylic acids is 1. The first kappa shape index (κ1) is 12.8. The van der Waals surface area contributed by atoms with E-state index in [4.69, 9.17) is 5.11 Å². The minimum atomic E-state index is -0.694. The molecule has 1 rings (SSSR count). The molecule has 3 nitrogen and oxygen atoms in total. The zero-order valence-electron chi connectivity index (χ0n) is 8.62. The quantitative estimate of drug-likeness (QED) is 0.763. The van der Waals surface area contributed by atoms with E-state index >= 15 is 0 Å². The van der Waals surface area contributed by atoms with Crippen molar-refractivity contribution < 1.29 is 9.90 Å². The normalized spacial score (nSPS) is 22.2. The Balaban J connectivity index is 0.000000671. The standard InChI is InChI=1S/C7H13NO2S.C2H6/c1-2-3-8-4-5-11-6(8)7(9)10;1-2/h6H,2-5H2,1H3,(H,9,10);1-2H3. The summed E-state index contributed by atoms with van der Waals surface area (Å²) in [6.45, 7) is 7.90. The number of carboxylic acids is 1. The molecule has 0 spiro atoms. The van der Waals surface area contributed by atoms with Crippen molar-refractivity contribution in [3.8, 4) is 0 Å². The lowest BCUT2D eigenvalue weighted by molar-refractivity contribution is -0.139. The van der Waals surface area contributed by atoms with E-state index in [1.807, 2.05) is 18.7 Å². The lowest BCUT2D eigenvalue weighted by atomic mass is 10.4. The van der Waals surface area contributed by atoms with Crippen LogP contribution in [0.2, 0.25) is 0 Å². The van der Waals surface area contributed by atoms with E-state index in [9.17, 15) is 4.79 Å². The Kier molecular flexibility index (Phi) is 7.09. The average molecular weight is 205 g/mol. The first-order chi connectivity index (χ1) is 6.25. The van der Waals surface area contributed by atoms with Crippen molar-refractivity contribution >= 4 is 17.7 Å². The Labute approximate surface area is 84.5 Å². The SMILES string of the molecule is CC.CCCN1CCSC1C(=O)O. The molecule has 1 aliphatic rings. The third-order valence-electron chi connectivity index (χ3n) is 1.71. The van der Waals surface area contributed by atoms with Crippen LogP contribution in [0.15, 0.2) is 0 Å². The Bertz CT molecular complexity index is 153. The highest BCUT2D eigenvalue weighted by atomic mass is 32.2. The maximum atomic E-state index is 10.6. The van der Waals surface area contributed by atoms with Gasteiger partial charge in [-0.15, -0.1) is 11.8 Å². The predicted octanol–water partition coefficient (Wildman–Crippen LogP) is 1.88. The summed E-state index contributed by atoms with van der Waals surface area (Å²) in [5.41, 5.74) is 0. The van der Waals surface area contributed by atoms with Crippen LogP contribution in [0.4, 0.5) is 0 Å². The second-order valence-electron chi connectivity index (χ2n) is 2.60. The van der Waals surface area contributed by atoms with Gasteiger partial charge in [0.1, 0.15) is 0 Å². The minimum absolute atomic E-state index is 0.282. The van der Waals surface area contributed by atoms with Crippen LogP contribution >= 0.6 is 11.8 Å². The van der Waals surface area contributed by atoms with Crippen molar-refractivity contribution in [3.63, 3.8) is 0 Å². The second kappa shape index (κ2) is 7.21. The Morgan fingerprint density at radius 3 is 2.69 bits per heavy atom. The van der Waals surface area contributed by atoms with Crippen LogP contribution in [0, 0.1) is 0 Å². The predicted molar refractivity (Wildman–Crippen MR) is 57.1 cm³/mol. The highest BCUT2D eigenvalue weighted by molar-refractivity contribution is 8.00. The number of hydrogen-bond acceptors (Lipinski definition) is 3. The summed E-state index contributed by atoms with van der Waals surface area (Å²) < 4.78 is 0. The Hall–Kier alpha value is -0.220. The van der Waals surface area contributed by atoms with Crippen molar-refractivity contribution in [2.24, 2.45) is 0 Å². The summed E-state index contributed by atoms with van der Waals surface area (Å²) in [4.78, 5) is 12.6. The molecule has 0 aliphatic carbocycles. The molecule has 1 aliphatic heterocycles. The lowest BCUT2D eigenvalue weighted by Crippen LogP contribution is -2.34. The van der Waals surface area contributed by atoms with E-state index in [2.05, 4.69) is 6.92 Å². The van der Waals surface area contributed by atoms with Gasteiger partial charge in [0.2, 0.25) is 0 Å². The molecule has 78 valence electrons. The molecule has 0 saturated carbocycles. The van der Waals surface area contributed by atoms with Crippen molar-refractivity contribution in [1.29, 1.82) is 0 Å². The molecule has 1 atom stereocenters. The molecular formula is C9H19NO2S. The van der Waals surface area contributed by atoms with Crippen LogP contribution in [0.3, 0.4) is 0 Å². The van der Waals surface area contributed by atoms with E-state index in [1.54, 1.807) is 0 Å². The van der Waals surface area contributed by atoms with Gasteiger partial charge in [-0.2, -0.15) is 0 Å². The van der Waals surface area contributed by atoms with Gasteiger partial charge in [0.25, 0.3) is 0 Å². The van der Waals surface area contributed by atoms with Gasteiger partial charge >= 0.3 is 5.97 Å². The second-order valence-corrected chi connectivity index (χ2v) is 3.79. The van der Waals surface area contributed by atoms with Crippen LogP contribution in [0.1, 0.15) is 27.2 Å².